The SMILES string of the molecule is C.C.N.N=C(c1ccc(C(N)=O)cc1)c1c(Nc2c(F)cccc2F)cc[nH]c1=O. The number of aromatic amines is 1. The summed E-state index contributed by atoms with van der Waals surface area (Å²) >= 11 is 0. The average Bonchev–Trinajstić information content (AvgIpc) is 2.64. The van der Waals surface area contributed by atoms with Gasteiger partial charge in [0.2, 0.25) is 5.91 Å². The molecule has 0 radical (unpaired) electrons. The summed E-state index contributed by atoms with van der Waals surface area (Å²) in [4.78, 5) is 25.9. The predicted octanol–water partition coefficient (Wildman–Crippen LogP) is 4.35. The molecule has 0 atom stereocenters. The van der Waals surface area contributed by atoms with Crippen LogP contribution in [0.1, 0.15) is 36.3 Å². The molecule has 30 heavy (non-hydrogen) atoms. The maximum absolute atomic E-state index is 13.9. The molecule has 0 spiro atoms. The molecule has 7 nitrogen and oxygen atoms in total. The van der Waals surface area contributed by atoms with Crippen molar-refractivity contribution in [3.63, 3.8) is 0 Å². The Bertz CT molecular complexity index is 1080. The number of hydrogen-bond donors (Lipinski definition) is 5. The van der Waals surface area contributed by atoms with Crippen LogP contribution in [0.3, 0.4) is 0 Å². The number of nitrogens with two attached hydrogens (primary N) is 1. The molecule has 3 rings (SSSR count). The number of H-pyrrole nitrogens is 1. The monoisotopic (exact) mass is 417 g/mol. The van der Waals surface area contributed by atoms with Crippen molar-refractivity contribution in [3.05, 3.63) is 93.4 Å². The van der Waals surface area contributed by atoms with Crippen LogP contribution in [0.4, 0.5) is 20.2 Å². The number of halogens is 2. The van der Waals surface area contributed by atoms with Crippen molar-refractivity contribution in [2.45, 2.75) is 14.9 Å². The number of hydrogen-bond acceptors (Lipinski definition) is 5. The number of benzene rings is 2. The molecule has 2 aromatic carbocycles. The van der Waals surface area contributed by atoms with Gasteiger partial charge in [-0.15, -0.1) is 0 Å². The van der Waals surface area contributed by atoms with Crippen LogP contribution in [-0.4, -0.2) is 16.6 Å². The Balaban J connectivity index is 0.00000280. The highest BCUT2D eigenvalue weighted by atomic mass is 19.1. The highest BCUT2D eigenvalue weighted by molar-refractivity contribution is 6.14. The van der Waals surface area contributed by atoms with Gasteiger partial charge in [-0.25, -0.2) is 8.78 Å². The van der Waals surface area contributed by atoms with Crippen molar-refractivity contribution < 1.29 is 13.6 Å². The van der Waals surface area contributed by atoms with E-state index in [9.17, 15) is 18.4 Å². The van der Waals surface area contributed by atoms with Gasteiger partial charge < -0.3 is 22.2 Å². The van der Waals surface area contributed by atoms with E-state index in [0.29, 0.717) is 5.56 Å². The van der Waals surface area contributed by atoms with E-state index < -0.39 is 28.8 Å². The Morgan fingerprint density at radius 3 is 2.03 bits per heavy atom. The number of primary amides is 1. The first kappa shape index (κ1) is 26.1. The molecule has 9 heteroatoms. The molecule has 0 saturated heterocycles. The Kier molecular flexibility index (Phi) is 9.26. The quantitative estimate of drug-likeness (QED) is 0.393. The summed E-state index contributed by atoms with van der Waals surface area (Å²) in [6.07, 6.45) is 1.30. The van der Waals surface area contributed by atoms with Crippen LogP contribution >= 0.6 is 0 Å². The third kappa shape index (κ3) is 5.15. The largest absolute Gasteiger partial charge is 0.366 e. The van der Waals surface area contributed by atoms with Crippen LogP contribution in [0.5, 0.6) is 0 Å². The molecule has 0 fully saturated rings. The number of carbonyl (C=O) groups is 1. The number of pyridine rings is 1. The van der Waals surface area contributed by atoms with Crippen molar-refractivity contribution in [2.24, 2.45) is 5.73 Å². The van der Waals surface area contributed by atoms with Crippen LogP contribution in [0.15, 0.2) is 59.5 Å². The Hall–Kier alpha value is -3.85. The van der Waals surface area contributed by atoms with E-state index >= 15 is 0 Å². The Morgan fingerprint density at radius 1 is 0.967 bits per heavy atom. The van der Waals surface area contributed by atoms with Crippen molar-refractivity contribution in [1.29, 1.82) is 5.41 Å². The second-order valence-electron chi connectivity index (χ2n) is 5.63. The van der Waals surface area contributed by atoms with Crippen LogP contribution in [0, 0.1) is 17.0 Å². The summed E-state index contributed by atoms with van der Waals surface area (Å²) in [5.74, 6) is -2.29. The van der Waals surface area contributed by atoms with Crippen molar-refractivity contribution in [2.75, 3.05) is 5.32 Å². The fourth-order valence-electron chi connectivity index (χ4n) is 2.53. The number of rotatable bonds is 5. The minimum Gasteiger partial charge on any atom is -0.366 e. The van der Waals surface area contributed by atoms with E-state index in [1.807, 2.05) is 0 Å². The fourth-order valence-corrected chi connectivity index (χ4v) is 2.53. The summed E-state index contributed by atoms with van der Waals surface area (Å²) < 4.78 is 27.9. The molecule has 8 N–H and O–H groups in total. The van der Waals surface area contributed by atoms with Gasteiger partial charge in [0.1, 0.15) is 17.3 Å². The lowest BCUT2D eigenvalue weighted by Gasteiger charge is -2.13. The summed E-state index contributed by atoms with van der Waals surface area (Å²) in [6, 6.07) is 10.5. The second-order valence-corrected chi connectivity index (χ2v) is 5.63. The molecular weight excluding hydrogens is 392 g/mol. The lowest BCUT2D eigenvalue weighted by Crippen LogP contribution is -2.20. The van der Waals surface area contributed by atoms with E-state index in [1.165, 1.54) is 42.6 Å². The first-order valence-corrected chi connectivity index (χ1v) is 7.80. The summed E-state index contributed by atoms with van der Waals surface area (Å²) in [5, 5.41) is 10.9. The standard InChI is InChI=1S/C19H14F2N4O2.2CH4.H3N/c20-12-2-1-3-13(21)17(12)25-14-8-9-24-19(27)15(14)16(22)10-4-6-11(7-5-10)18(23)26;;;/h1-9,22H,(H2,23,26)(H2,24,25,27);2*1H4;1H3. The minimum absolute atomic E-state index is 0. The lowest BCUT2D eigenvalue weighted by atomic mass is 10.0. The first-order valence-electron chi connectivity index (χ1n) is 7.80. The minimum atomic E-state index is -0.835. The number of carbonyl (C=O) groups excluding carboxylic acids is 1. The molecule has 0 bridgehead atoms. The average molecular weight is 417 g/mol. The first-order chi connectivity index (χ1) is 12.9. The predicted molar refractivity (Wildman–Crippen MR) is 116 cm³/mol. The molecule has 1 aromatic heterocycles. The van der Waals surface area contributed by atoms with Gasteiger partial charge in [-0.2, -0.15) is 0 Å². The summed E-state index contributed by atoms with van der Waals surface area (Å²) in [7, 11) is 0. The van der Waals surface area contributed by atoms with Gasteiger partial charge in [-0.3, -0.25) is 15.0 Å². The van der Waals surface area contributed by atoms with E-state index in [2.05, 4.69) is 10.3 Å². The molecule has 0 aliphatic rings. The number of amides is 1. The van der Waals surface area contributed by atoms with E-state index in [4.69, 9.17) is 11.1 Å². The van der Waals surface area contributed by atoms with Crippen molar-refractivity contribution >= 4 is 23.0 Å². The highest BCUT2D eigenvalue weighted by Crippen LogP contribution is 2.25. The Labute approximate surface area is 173 Å². The van der Waals surface area contributed by atoms with E-state index in [-0.39, 0.29) is 43.5 Å². The van der Waals surface area contributed by atoms with Crippen LogP contribution in [0.2, 0.25) is 0 Å². The van der Waals surface area contributed by atoms with Crippen molar-refractivity contribution in [1.82, 2.24) is 11.1 Å². The number of aromatic nitrogens is 1. The van der Waals surface area contributed by atoms with Gasteiger partial charge in [0, 0.05) is 17.3 Å². The number of para-hydroxylation sites is 1. The highest BCUT2D eigenvalue weighted by Gasteiger charge is 2.17. The maximum atomic E-state index is 13.9. The zero-order valence-electron chi connectivity index (χ0n) is 14.6. The molecule has 1 amide bonds. The third-order valence-electron chi connectivity index (χ3n) is 3.89. The summed E-state index contributed by atoms with van der Waals surface area (Å²) in [6.45, 7) is 0. The van der Waals surface area contributed by atoms with E-state index in [0.717, 1.165) is 12.1 Å². The second kappa shape index (κ2) is 10.6. The molecular formula is C21H25F2N5O2. The summed E-state index contributed by atoms with van der Waals surface area (Å²) in [5.41, 5.74) is 4.49. The number of anilines is 2. The van der Waals surface area contributed by atoms with Crippen LogP contribution in [0.25, 0.3) is 0 Å². The van der Waals surface area contributed by atoms with Crippen molar-refractivity contribution in [3.8, 4) is 0 Å². The topological polar surface area (TPSA) is 147 Å². The molecule has 0 unspecified atom stereocenters. The van der Waals surface area contributed by atoms with Gasteiger partial charge in [-0.1, -0.05) is 33.1 Å². The molecule has 160 valence electrons. The molecule has 0 saturated carbocycles. The molecule has 3 aromatic rings. The fraction of sp³-hybridized carbons (Fsp3) is 0.0952. The lowest BCUT2D eigenvalue weighted by molar-refractivity contribution is 0.100. The van der Waals surface area contributed by atoms with Gasteiger partial charge in [0.25, 0.3) is 5.56 Å². The molecule has 0 aliphatic heterocycles. The van der Waals surface area contributed by atoms with Crippen LogP contribution < -0.4 is 22.8 Å². The van der Waals surface area contributed by atoms with Gasteiger partial charge >= 0.3 is 0 Å². The normalized spacial score (nSPS) is 9.40. The van der Waals surface area contributed by atoms with Gasteiger partial charge in [-0.05, 0) is 30.3 Å². The molecule has 1 heterocycles. The zero-order valence-corrected chi connectivity index (χ0v) is 14.6. The zero-order chi connectivity index (χ0) is 19.6. The Morgan fingerprint density at radius 2 is 1.50 bits per heavy atom. The van der Waals surface area contributed by atoms with Gasteiger partial charge in [0.05, 0.1) is 17.0 Å². The third-order valence-corrected chi connectivity index (χ3v) is 3.89. The van der Waals surface area contributed by atoms with Crippen LogP contribution in [-0.2, 0) is 0 Å². The smallest absolute Gasteiger partial charge is 0.259 e. The van der Waals surface area contributed by atoms with Gasteiger partial charge in [0.15, 0.2) is 0 Å². The maximum Gasteiger partial charge on any atom is 0.259 e. The van der Waals surface area contributed by atoms with E-state index in [1.54, 1.807) is 0 Å². The number of nitrogens with one attached hydrogen (secondary N) is 3. The molecule has 0 aliphatic carbocycles.